The summed E-state index contributed by atoms with van der Waals surface area (Å²) < 4.78 is 28.8. The Morgan fingerprint density at radius 2 is 2.16 bits per heavy atom. The summed E-state index contributed by atoms with van der Waals surface area (Å²) in [5, 5.41) is 7.06. The zero-order chi connectivity index (χ0) is 22.8. The van der Waals surface area contributed by atoms with Crippen molar-refractivity contribution < 1.29 is 18.4 Å². The van der Waals surface area contributed by atoms with Crippen LogP contribution in [0.3, 0.4) is 0 Å². The summed E-state index contributed by atoms with van der Waals surface area (Å²) in [7, 11) is 0. The first-order valence-corrected chi connectivity index (χ1v) is 11.1. The van der Waals surface area contributed by atoms with Gasteiger partial charge in [0.2, 0.25) is 5.91 Å². The normalized spacial score (nSPS) is 16.2. The van der Waals surface area contributed by atoms with E-state index in [9.17, 15) is 14.0 Å². The number of thiophene rings is 1. The Kier molecular flexibility index (Phi) is 6.29. The fourth-order valence-corrected chi connectivity index (χ4v) is 4.79. The van der Waals surface area contributed by atoms with Crippen molar-refractivity contribution >= 4 is 29.0 Å². The van der Waals surface area contributed by atoms with E-state index in [2.05, 4.69) is 15.6 Å². The van der Waals surface area contributed by atoms with E-state index in [1.807, 2.05) is 6.92 Å². The molecule has 0 spiro atoms. The summed E-state index contributed by atoms with van der Waals surface area (Å²) in [5.41, 5.74) is 8.11. The van der Waals surface area contributed by atoms with Gasteiger partial charge < -0.3 is 16.4 Å². The zero-order valence-electron chi connectivity index (χ0n) is 17.3. The van der Waals surface area contributed by atoms with Crippen LogP contribution < -0.4 is 16.4 Å². The molecule has 0 radical (unpaired) electrons. The molecule has 0 saturated carbocycles. The first kappa shape index (κ1) is 22.0. The number of nitrogens with one attached hydrogen (secondary N) is 2. The number of carbonyl (C=O) groups is 2. The number of hydrogen-bond acceptors (Lipinski definition) is 5. The molecule has 32 heavy (non-hydrogen) atoms. The average Bonchev–Trinajstić information content (AvgIpc) is 3.13. The summed E-state index contributed by atoms with van der Waals surface area (Å²) in [6, 6.07) is 7.26. The second-order valence-electron chi connectivity index (χ2n) is 7.81. The van der Waals surface area contributed by atoms with E-state index >= 15 is 4.39 Å². The van der Waals surface area contributed by atoms with Crippen molar-refractivity contribution in [1.29, 1.82) is 0 Å². The summed E-state index contributed by atoms with van der Waals surface area (Å²) >= 11 is 0.997. The number of fused-ring (bicyclic) bond motifs is 1. The number of pyridine rings is 1. The van der Waals surface area contributed by atoms with Gasteiger partial charge in [-0.05, 0) is 41.7 Å². The van der Waals surface area contributed by atoms with Crippen molar-refractivity contribution in [3.63, 3.8) is 0 Å². The predicted molar refractivity (Wildman–Crippen MR) is 120 cm³/mol. The minimum atomic E-state index is -0.633. The molecule has 9 heteroatoms. The van der Waals surface area contributed by atoms with Crippen molar-refractivity contribution in [1.82, 2.24) is 10.3 Å². The second-order valence-corrected chi connectivity index (χ2v) is 8.69. The number of nitrogens with zero attached hydrogens (tertiary/aromatic N) is 1. The average molecular weight is 457 g/mol. The van der Waals surface area contributed by atoms with E-state index in [4.69, 9.17) is 5.73 Å². The van der Waals surface area contributed by atoms with Gasteiger partial charge in [-0.1, -0.05) is 19.1 Å². The molecule has 6 nitrogen and oxygen atoms in total. The number of nitrogens with two attached hydrogens (primary N) is 1. The predicted octanol–water partition coefficient (Wildman–Crippen LogP) is 3.83. The van der Waals surface area contributed by atoms with Crippen LogP contribution in [0.4, 0.5) is 14.6 Å². The Morgan fingerprint density at radius 1 is 1.34 bits per heavy atom. The van der Waals surface area contributed by atoms with Crippen LogP contribution in [0.2, 0.25) is 0 Å². The summed E-state index contributed by atoms with van der Waals surface area (Å²) in [5.74, 6) is -1.43. The number of anilines is 1. The molecule has 2 atom stereocenters. The summed E-state index contributed by atoms with van der Waals surface area (Å²) in [6.45, 7) is 2.01. The van der Waals surface area contributed by atoms with Gasteiger partial charge in [0.1, 0.15) is 16.5 Å². The van der Waals surface area contributed by atoms with Gasteiger partial charge in [-0.3, -0.25) is 9.59 Å². The molecule has 1 unspecified atom stereocenters. The first-order valence-electron chi connectivity index (χ1n) is 10.2. The lowest BCUT2D eigenvalue weighted by Crippen LogP contribution is -2.41. The lowest BCUT2D eigenvalue weighted by molar-refractivity contribution is -0.116. The van der Waals surface area contributed by atoms with Gasteiger partial charge in [0.15, 0.2) is 5.82 Å². The third kappa shape index (κ3) is 4.39. The van der Waals surface area contributed by atoms with E-state index in [1.54, 1.807) is 23.6 Å². The van der Waals surface area contributed by atoms with Crippen LogP contribution in [-0.4, -0.2) is 29.4 Å². The van der Waals surface area contributed by atoms with Crippen LogP contribution in [0.5, 0.6) is 0 Å². The third-order valence-electron chi connectivity index (χ3n) is 5.45. The van der Waals surface area contributed by atoms with Gasteiger partial charge in [-0.15, -0.1) is 11.3 Å². The number of halogens is 2. The number of carbonyl (C=O) groups excluding carboxylic acids is 2. The van der Waals surface area contributed by atoms with Crippen molar-refractivity contribution in [2.24, 2.45) is 5.73 Å². The largest absolute Gasteiger partial charge is 0.347 e. The van der Waals surface area contributed by atoms with E-state index in [0.717, 1.165) is 16.9 Å². The van der Waals surface area contributed by atoms with Crippen LogP contribution in [0.15, 0.2) is 41.9 Å². The molecule has 3 aromatic rings. The highest BCUT2D eigenvalue weighted by molar-refractivity contribution is 7.12. The minimum absolute atomic E-state index is 0.0595. The number of aromatic nitrogens is 1. The van der Waals surface area contributed by atoms with Gasteiger partial charge in [-0.25, -0.2) is 13.8 Å². The Bertz CT molecular complexity index is 1180. The van der Waals surface area contributed by atoms with Crippen LogP contribution >= 0.6 is 11.3 Å². The fraction of sp³-hybridized carbons (Fsp3) is 0.261. The van der Waals surface area contributed by atoms with Crippen molar-refractivity contribution in [2.75, 3.05) is 11.9 Å². The van der Waals surface area contributed by atoms with Gasteiger partial charge >= 0.3 is 0 Å². The highest BCUT2D eigenvalue weighted by Gasteiger charge is 2.29. The molecule has 0 bridgehead atoms. The second kappa shape index (κ2) is 9.13. The molecular weight excluding hydrogens is 434 g/mol. The van der Waals surface area contributed by atoms with E-state index in [1.165, 1.54) is 18.3 Å². The minimum Gasteiger partial charge on any atom is -0.347 e. The molecule has 3 heterocycles. The highest BCUT2D eigenvalue weighted by Crippen LogP contribution is 2.40. The van der Waals surface area contributed by atoms with Crippen molar-refractivity contribution in [2.45, 2.75) is 31.7 Å². The number of benzene rings is 1. The molecule has 1 aromatic carbocycles. The lowest BCUT2D eigenvalue weighted by Gasteiger charge is -2.24. The van der Waals surface area contributed by atoms with Gasteiger partial charge in [0, 0.05) is 41.7 Å². The molecular formula is C23H22F2N4O2S. The SMILES string of the molecule is C[C@H]1CC(=O)Nc2nccc(-c3csc(C(=O)NC(CN)Cc4cccc(F)c4)c3F)c21. The summed E-state index contributed by atoms with van der Waals surface area (Å²) in [6.07, 6.45) is 2.12. The van der Waals surface area contributed by atoms with Gasteiger partial charge in [0.05, 0.1) is 0 Å². The molecule has 0 aliphatic carbocycles. The lowest BCUT2D eigenvalue weighted by atomic mass is 9.88. The molecule has 2 aromatic heterocycles. The van der Waals surface area contributed by atoms with Gasteiger partial charge in [-0.2, -0.15) is 0 Å². The molecule has 0 saturated heterocycles. The smallest absolute Gasteiger partial charge is 0.264 e. The zero-order valence-corrected chi connectivity index (χ0v) is 18.1. The standard InChI is InChI=1S/C23H22F2N4O2S/c1-12-7-18(30)29-22-19(12)16(5-6-27-22)17-11-32-21(20(17)25)23(31)28-15(10-26)9-13-3-2-4-14(24)8-13/h2-6,8,11-12,15H,7,9-10,26H2,1H3,(H,28,31)(H,27,29,30)/t12-,15?/m0/s1. The van der Waals surface area contributed by atoms with Crippen LogP contribution in [0, 0.1) is 11.6 Å². The molecule has 0 fully saturated rings. The number of amides is 2. The molecule has 1 aliphatic heterocycles. The molecule has 4 rings (SSSR count). The maximum Gasteiger partial charge on any atom is 0.264 e. The molecule has 1 aliphatic rings. The molecule has 2 amide bonds. The number of hydrogen-bond donors (Lipinski definition) is 3. The van der Waals surface area contributed by atoms with E-state index in [-0.39, 0.29) is 41.0 Å². The maximum absolute atomic E-state index is 15.3. The van der Waals surface area contributed by atoms with Crippen LogP contribution in [0.1, 0.15) is 40.1 Å². The quantitative estimate of drug-likeness (QED) is 0.525. The fourth-order valence-electron chi connectivity index (χ4n) is 3.94. The Hall–Kier alpha value is -3.17. The van der Waals surface area contributed by atoms with Crippen LogP contribution in [-0.2, 0) is 11.2 Å². The molecule has 166 valence electrons. The summed E-state index contributed by atoms with van der Waals surface area (Å²) in [4.78, 5) is 28.8. The van der Waals surface area contributed by atoms with E-state index in [0.29, 0.717) is 23.4 Å². The van der Waals surface area contributed by atoms with Crippen molar-refractivity contribution in [3.8, 4) is 11.1 Å². The van der Waals surface area contributed by atoms with Gasteiger partial charge in [0.25, 0.3) is 5.91 Å². The topological polar surface area (TPSA) is 97.1 Å². The first-order chi connectivity index (χ1) is 15.4. The number of rotatable bonds is 6. The highest BCUT2D eigenvalue weighted by atomic mass is 32.1. The van der Waals surface area contributed by atoms with Crippen LogP contribution in [0.25, 0.3) is 11.1 Å². The monoisotopic (exact) mass is 456 g/mol. The van der Waals surface area contributed by atoms with Crippen molar-refractivity contribution in [3.05, 3.63) is 69.5 Å². The Morgan fingerprint density at radius 3 is 2.91 bits per heavy atom. The maximum atomic E-state index is 15.3. The van der Waals surface area contributed by atoms with E-state index < -0.39 is 17.8 Å². The Balaban J connectivity index is 1.57. The molecule has 4 N–H and O–H groups in total. The third-order valence-corrected chi connectivity index (χ3v) is 6.40. The Labute approximate surface area is 187 Å².